The number of aromatic nitrogens is 1. The predicted molar refractivity (Wildman–Crippen MR) is 132 cm³/mol. The van der Waals surface area contributed by atoms with Crippen LogP contribution in [0, 0.1) is 0 Å². The number of aliphatic hydroxyl groups is 1. The Kier molecular flexibility index (Phi) is 11.0. The number of carbonyl (C=O) groups is 2. The van der Waals surface area contributed by atoms with E-state index in [-0.39, 0.29) is 24.3 Å². The molecule has 0 spiro atoms. The van der Waals surface area contributed by atoms with Gasteiger partial charge in [0.05, 0.1) is 0 Å². The number of benzene rings is 1. The van der Waals surface area contributed by atoms with E-state index in [9.17, 15) is 14.7 Å². The van der Waals surface area contributed by atoms with E-state index < -0.39 is 5.91 Å². The number of azide groups is 1. The fourth-order valence-electron chi connectivity index (χ4n) is 3.40. The maximum atomic E-state index is 13.5. The molecule has 9 heteroatoms. The summed E-state index contributed by atoms with van der Waals surface area (Å²) in [5.74, 6) is -0.777. The molecule has 1 aromatic carbocycles. The van der Waals surface area contributed by atoms with Gasteiger partial charge in [-0.15, -0.1) is 0 Å². The van der Waals surface area contributed by atoms with Crippen LogP contribution in [-0.4, -0.2) is 46.0 Å². The van der Waals surface area contributed by atoms with Crippen LogP contribution in [0.3, 0.4) is 0 Å². The molecule has 0 saturated heterocycles. The summed E-state index contributed by atoms with van der Waals surface area (Å²) in [6.45, 7) is 4.42. The summed E-state index contributed by atoms with van der Waals surface area (Å²) in [6, 6.07) is 10.1. The normalized spacial score (nSPS) is 12.1. The fraction of sp³-hybridized carbons (Fsp3) is 0.320. The Morgan fingerprint density at radius 1 is 1.24 bits per heavy atom. The minimum atomic E-state index is -0.464. The SMILES string of the molecule is CCCN(C(=O)/C(=C/c1cccnc1)NC(=O)/C=C/c1ccc(N=[N+]=[N-])cc1)C(CC)CCO. The third kappa shape index (κ3) is 8.20. The van der Waals surface area contributed by atoms with Gasteiger partial charge >= 0.3 is 0 Å². The zero-order valence-electron chi connectivity index (χ0n) is 19.5. The zero-order chi connectivity index (χ0) is 24.8. The lowest BCUT2D eigenvalue weighted by Gasteiger charge is -2.31. The largest absolute Gasteiger partial charge is 0.396 e. The molecular formula is C25H30N6O3. The number of hydrogen-bond donors (Lipinski definition) is 2. The molecule has 2 N–H and O–H groups in total. The second-order valence-electron chi connectivity index (χ2n) is 7.52. The molecule has 0 radical (unpaired) electrons. The van der Waals surface area contributed by atoms with Crippen molar-refractivity contribution in [3.8, 4) is 0 Å². The molecule has 1 aromatic heterocycles. The van der Waals surface area contributed by atoms with E-state index in [4.69, 9.17) is 5.53 Å². The fourth-order valence-corrected chi connectivity index (χ4v) is 3.40. The van der Waals surface area contributed by atoms with E-state index >= 15 is 0 Å². The van der Waals surface area contributed by atoms with E-state index in [1.54, 1.807) is 65.8 Å². The minimum Gasteiger partial charge on any atom is -0.396 e. The number of nitrogens with one attached hydrogen (secondary N) is 1. The van der Waals surface area contributed by atoms with Crippen molar-refractivity contribution in [3.63, 3.8) is 0 Å². The summed E-state index contributed by atoms with van der Waals surface area (Å²) < 4.78 is 0. The summed E-state index contributed by atoms with van der Waals surface area (Å²) >= 11 is 0. The Labute approximate surface area is 199 Å². The van der Waals surface area contributed by atoms with Crippen LogP contribution in [0.4, 0.5) is 5.69 Å². The number of pyridine rings is 1. The second-order valence-corrected chi connectivity index (χ2v) is 7.52. The Morgan fingerprint density at radius 3 is 2.59 bits per heavy atom. The van der Waals surface area contributed by atoms with E-state index in [0.29, 0.717) is 30.6 Å². The molecule has 1 heterocycles. The van der Waals surface area contributed by atoms with Gasteiger partial charge in [0, 0.05) is 48.3 Å². The topological polar surface area (TPSA) is 131 Å². The maximum Gasteiger partial charge on any atom is 0.270 e. The monoisotopic (exact) mass is 462 g/mol. The van der Waals surface area contributed by atoms with Crippen LogP contribution in [0.2, 0.25) is 0 Å². The summed E-state index contributed by atoms with van der Waals surface area (Å²) in [4.78, 5) is 34.7. The van der Waals surface area contributed by atoms with Crippen molar-refractivity contribution in [2.45, 2.75) is 39.2 Å². The molecule has 0 saturated carbocycles. The van der Waals surface area contributed by atoms with Gasteiger partial charge in [-0.1, -0.05) is 49.3 Å². The lowest BCUT2D eigenvalue weighted by atomic mass is 10.1. The standard InChI is InChI=1S/C25H30N6O3/c1-3-15-31(22(4-2)13-16-32)25(34)23(17-20-6-5-14-27-18-20)28-24(33)12-9-19-7-10-21(11-8-19)29-30-26/h5-12,14,17-18,22,32H,3-4,13,15-16H2,1-2H3,(H,28,33)/b12-9+,23-17-. The Balaban J connectivity index is 2.29. The quantitative estimate of drug-likeness (QED) is 0.207. The summed E-state index contributed by atoms with van der Waals surface area (Å²) in [6.07, 6.45) is 9.67. The van der Waals surface area contributed by atoms with Gasteiger partial charge in [-0.05, 0) is 54.1 Å². The van der Waals surface area contributed by atoms with Crippen molar-refractivity contribution in [3.05, 3.63) is 82.1 Å². The molecule has 178 valence electrons. The molecule has 0 fully saturated rings. The smallest absolute Gasteiger partial charge is 0.270 e. The highest BCUT2D eigenvalue weighted by Gasteiger charge is 2.25. The highest BCUT2D eigenvalue weighted by atomic mass is 16.3. The van der Waals surface area contributed by atoms with Gasteiger partial charge in [0.15, 0.2) is 0 Å². The summed E-state index contributed by atoms with van der Waals surface area (Å²) in [5.41, 5.74) is 10.5. The number of carbonyl (C=O) groups excluding carboxylic acids is 2. The molecular weight excluding hydrogens is 432 g/mol. The first kappa shape index (κ1) is 26.3. The molecule has 9 nitrogen and oxygen atoms in total. The van der Waals surface area contributed by atoms with E-state index in [0.717, 1.165) is 12.0 Å². The molecule has 1 atom stereocenters. The van der Waals surface area contributed by atoms with Crippen molar-refractivity contribution < 1.29 is 14.7 Å². The van der Waals surface area contributed by atoms with Gasteiger partial charge in [-0.3, -0.25) is 14.6 Å². The molecule has 0 bridgehead atoms. The highest BCUT2D eigenvalue weighted by Crippen LogP contribution is 2.16. The molecule has 34 heavy (non-hydrogen) atoms. The van der Waals surface area contributed by atoms with E-state index in [2.05, 4.69) is 20.3 Å². The van der Waals surface area contributed by atoms with Gasteiger partial charge in [0.2, 0.25) is 5.91 Å². The van der Waals surface area contributed by atoms with Crippen LogP contribution in [0.25, 0.3) is 22.6 Å². The molecule has 2 aromatic rings. The van der Waals surface area contributed by atoms with Crippen LogP contribution in [0.1, 0.15) is 44.2 Å². The van der Waals surface area contributed by atoms with Gasteiger partial charge in [-0.2, -0.15) is 0 Å². The van der Waals surface area contributed by atoms with Crippen LogP contribution in [-0.2, 0) is 9.59 Å². The first-order chi connectivity index (χ1) is 16.5. The predicted octanol–water partition coefficient (Wildman–Crippen LogP) is 4.59. The molecule has 0 aliphatic rings. The molecule has 1 unspecified atom stereocenters. The average molecular weight is 463 g/mol. The van der Waals surface area contributed by atoms with Gasteiger partial charge in [0.25, 0.3) is 5.91 Å². The number of nitrogens with zero attached hydrogens (tertiary/aromatic N) is 5. The van der Waals surface area contributed by atoms with Gasteiger partial charge in [0.1, 0.15) is 5.70 Å². The van der Waals surface area contributed by atoms with Crippen molar-refractivity contribution in [1.82, 2.24) is 15.2 Å². The first-order valence-electron chi connectivity index (χ1n) is 11.2. The Hall–Kier alpha value is -3.94. The molecule has 0 aliphatic carbocycles. The van der Waals surface area contributed by atoms with E-state index in [1.807, 2.05) is 13.8 Å². The zero-order valence-corrected chi connectivity index (χ0v) is 19.5. The molecule has 2 rings (SSSR count). The highest BCUT2D eigenvalue weighted by molar-refractivity contribution is 6.04. The molecule has 0 aliphatic heterocycles. The minimum absolute atomic E-state index is 0.0266. The van der Waals surface area contributed by atoms with E-state index in [1.165, 1.54) is 6.08 Å². The maximum absolute atomic E-state index is 13.5. The number of aliphatic hydroxyl groups excluding tert-OH is 1. The van der Waals surface area contributed by atoms with Crippen molar-refractivity contribution in [2.75, 3.05) is 13.2 Å². The van der Waals surface area contributed by atoms with Crippen molar-refractivity contribution in [1.29, 1.82) is 0 Å². The third-order valence-electron chi connectivity index (χ3n) is 5.06. The molecule has 2 amide bonds. The second kappa shape index (κ2) is 14.3. The average Bonchev–Trinajstić information content (AvgIpc) is 2.85. The van der Waals surface area contributed by atoms with Crippen LogP contribution >= 0.6 is 0 Å². The third-order valence-corrected chi connectivity index (χ3v) is 5.06. The van der Waals surface area contributed by atoms with Crippen LogP contribution in [0.5, 0.6) is 0 Å². The Morgan fingerprint density at radius 2 is 2.00 bits per heavy atom. The number of rotatable bonds is 12. The van der Waals surface area contributed by atoms with Crippen LogP contribution in [0.15, 0.2) is 65.7 Å². The first-order valence-corrected chi connectivity index (χ1v) is 11.2. The lowest BCUT2D eigenvalue weighted by Crippen LogP contribution is -2.44. The number of hydrogen-bond acceptors (Lipinski definition) is 5. The van der Waals surface area contributed by atoms with Crippen LogP contribution < -0.4 is 5.32 Å². The van der Waals surface area contributed by atoms with Gasteiger partial charge in [-0.25, -0.2) is 0 Å². The number of amides is 2. The summed E-state index contributed by atoms with van der Waals surface area (Å²) in [5, 5.41) is 15.7. The van der Waals surface area contributed by atoms with Gasteiger partial charge < -0.3 is 15.3 Å². The van der Waals surface area contributed by atoms with Crippen molar-refractivity contribution in [2.24, 2.45) is 5.11 Å². The Bertz CT molecular complexity index is 1040. The van der Waals surface area contributed by atoms with Crippen molar-refractivity contribution >= 4 is 29.7 Å². The summed E-state index contributed by atoms with van der Waals surface area (Å²) in [7, 11) is 0. The lowest BCUT2D eigenvalue weighted by molar-refractivity contribution is -0.131.